The molecule has 7 heteroatoms. The number of hydrogen-bond donors (Lipinski definition) is 1. The number of sulfonamides is 1. The summed E-state index contributed by atoms with van der Waals surface area (Å²) in [6, 6.07) is 12.3. The Bertz CT molecular complexity index is 849. The fourth-order valence-corrected chi connectivity index (χ4v) is 3.62. The number of aryl methyl sites for hydroxylation is 1. The molecule has 128 valence electrons. The largest absolute Gasteiger partial charge is 0.322 e. The lowest BCUT2D eigenvalue weighted by Crippen LogP contribution is -2.28. The first kappa shape index (κ1) is 18.7. The van der Waals surface area contributed by atoms with Crippen LogP contribution in [0.1, 0.15) is 22.8 Å². The Labute approximate surface area is 156 Å². The lowest BCUT2D eigenvalue weighted by molar-refractivity contribution is 0.102. The van der Waals surface area contributed by atoms with Crippen molar-refractivity contribution in [3.8, 4) is 0 Å². The molecule has 1 amide bonds. The van der Waals surface area contributed by atoms with Gasteiger partial charge >= 0.3 is 0 Å². The van der Waals surface area contributed by atoms with Gasteiger partial charge in [0, 0.05) is 21.9 Å². The highest BCUT2D eigenvalue weighted by molar-refractivity contribution is 14.1. The van der Waals surface area contributed by atoms with E-state index in [1.54, 1.807) is 31.2 Å². The number of nitrogens with one attached hydrogen (secondary N) is 1. The van der Waals surface area contributed by atoms with Gasteiger partial charge in [-0.2, -0.15) is 0 Å². The van der Waals surface area contributed by atoms with Crippen molar-refractivity contribution in [2.75, 3.05) is 22.4 Å². The van der Waals surface area contributed by atoms with Gasteiger partial charge in [-0.15, -0.1) is 0 Å². The number of rotatable bonds is 5. The summed E-state index contributed by atoms with van der Waals surface area (Å²) in [5, 5.41) is 2.87. The number of carbonyl (C=O) groups excluding carboxylic acids is 1. The standard InChI is InChI=1S/C17H19IN2O3S/c1-4-24(22,23)20(3)15-8-5-13(6-9-15)17(21)19-16-10-7-14(18)11-12(16)2/h5-11H,4H2,1-3H3,(H,19,21). The minimum atomic E-state index is -3.31. The highest BCUT2D eigenvalue weighted by Gasteiger charge is 2.16. The van der Waals surface area contributed by atoms with Gasteiger partial charge in [-0.3, -0.25) is 9.10 Å². The third kappa shape index (κ3) is 4.27. The van der Waals surface area contributed by atoms with Crippen LogP contribution in [0.5, 0.6) is 0 Å². The van der Waals surface area contributed by atoms with Crippen LogP contribution in [0.25, 0.3) is 0 Å². The summed E-state index contributed by atoms with van der Waals surface area (Å²) < 4.78 is 26.1. The van der Waals surface area contributed by atoms with E-state index in [1.165, 1.54) is 11.4 Å². The maximum atomic E-state index is 12.3. The van der Waals surface area contributed by atoms with Gasteiger partial charge in [-0.25, -0.2) is 8.42 Å². The van der Waals surface area contributed by atoms with Gasteiger partial charge in [0.1, 0.15) is 0 Å². The fourth-order valence-electron chi connectivity index (χ4n) is 2.14. The number of benzene rings is 2. The van der Waals surface area contributed by atoms with Crippen molar-refractivity contribution in [2.45, 2.75) is 13.8 Å². The Balaban J connectivity index is 2.17. The van der Waals surface area contributed by atoms with Crippen LogP contribution in [0.2, 0.25) is 0 Å². The van der Waals surface area contributed by atoms with Crippen molar-refractivity contribution in [3.05, 3.63) is 57.2 Å². The smallest absolute Gasteiger partial charge is 0.255 e. The lowest BCUT2D eigenvalue weighted by Gasteiger charge is -2.18. The van der Waals surface area contributed by atoms with Crippen LogP contribution in [0, 0.1) is 10.5 Å². The predicted octanol–water partition coefficient (Wildman–Crippen LogP) is 3.64. The van der Waals surface area contributed by atoms with Crippen LogP contribution >= 0.6 is 22.6 Å². The molecule has 0 aliphatic carbocycles. The van der Waals surface area contributed by atoms with E-state index < -0.39 is 10.0 Å². The maximum absolute atomic E-state index is 12.3. The number of anilines is 2. The Hall–Kier alpha value is -1.61. The predicted molar refractivity (Wildman–Crippen MR) is 106 cm³/mol. The summed E-state index contributed by atoms with van der Waals surface area (Å²) >= 11 is 2.22. The molecule has 0 bridgehead atoms. The zero-order valence-electron chi connectivity index (χ0n) is 13.7. The molecule has 2 rings (SSSR count). The quantitative estimate of drug-likeness (QED) is 0.696. The summed E-state index contributed by atoms with van der Waals surface area (Å²) in [4.78, 5) is 12.3. The molecule has 0 spiro atoms. The second-order valence-electron chi connectivity index (χ2n) is 5.33. The van der Waals surface area contributed by atoms with Gasteiger partial charge in [0.05, 0.1) is 11.4 Å². The van der Waals surface area contributed by atoms with Crippen molar-refractivity contribution in [2.24, 2.45) is 0 Å². The number of carbonyl (C=O) groups is 1. The monoisotopic (exact) mass is 458 g/mol. The van der Waals surface area contributed by atoms with E-state index in [1.807, 2.05) is 25.1 Å². The minimum Gasteiger partial charge on any atom is -0.322 e. The van der Waals surface area contributed by atoms with Crippen molar-refractivity contribution >= 4 is 49.9 Å². The van der Waals surface area contributed by atoms with Crippen LogP contribution in [0.15, 0.2) is 42.5 Å². The molecule has 1 N–H and O–H groups in total. The van der Waals surface area contributed by atoms with Gasteiger partial charge in [0.2, 0.25) is 10.0 Å². The molecule has 2 aromatic rings. The summed E-state index contributed by atoms with van der Waals surface area (Å²) in [6.45, 7) is 3.53. The highest BCUT2D eigenvalue weighted by Crippen LogP contribution is 2.20. The number of amides is 1. The van der Waals surface area contributed by atoms with Gasteiger partial charge in [-0.1, -0.05) is 0 Å². The summed E-state index contributed by atoms with van der Waals surface area (Å²) in [5.74, 6) is -0.204. The Morgan fingerprint density at radius 2 is 1.79 bits per heavy atom. The zero-order valence-corrected chi connectivity index (χ0v) is 16.7. The molecule has 24 heavy (non-hydrogen) atoms. The van der Waals surface area contributed by atoms with Crippen LogP contribution < -0.4 is 9.62 Å². The molecule has 0 aromatic heterocycles. The van der Waals surface area contributed by atoms with E-state index in [0.29, 0.717) is 11.3 Å². The summed E-state index contributed by atoms with van der Waals surface area (Å²) in [6.07, 6.45) is 0. The van der Waals surface area contributed by atoms with Gasteiger partial charge in [-0.05, 0) is 84.5 Å². The van der Waals surface area contributed by atoms with Crippen molar-refractivity contribution in [1.29, 1.82) is 0 Å². The molecule has 2 aromatic carbocycles. The van der Waals surface area contributed by atoms with Crippen molar-refractivity contribution < 1.29 is 13.2 Å². The average Bonchev–Trinajstić information content (AvgIpc) is 2.56. The third-order valence-electron chi connectivity index (χ3n) is 3.71. The number of halogens is 1. The van der Waals surface area contributed by atoms with Crippen LogP contribution in [0.4, 0.5) is 11.4 Å². The molecular weight excluding hydrogens is 439 g/mol. The highest BCUT2D eigenvalue weighted by atomic mass is 127. The second kappa shape index (κ2) is 7.52. The molecule has 0 fully saturated rings. The van der Waals surface area contributed by atoms with Crippen LogP contribution in [0.3, 0.4) is 0 Å². The fraction of sp³-hybridized carbons (Fsp3) is 0.235. The Kier molecular flexibility index (Phi) is 5.87. The topological polar surface area (TPSA) is 66.5 Å². The molecule has 0 aliphatic heterocycles. The lowest BCUT2D eigenvalue weighted by atomic mass is 10.1. The first-order chi connectivity index (χ1) is 11.2. The van der Waals surface area contributed by atoms with E-state index in [-0.39, 0.29) is 11.7 Å². The maximum Gasteiger partial charge on any atom is 0.255 e. The van der Waals surface area contributed by atoms with E-state index in [4.69, 9.17) is 0 Å². The molecule has 5 nitrogen and oxygen atoms in total. The average molecular weight is 458 g/mol. The SMILES string of the molecule is CCS(=O)(=O)N(C)c1ccc(C(=O)Nc2ccc(I)cc2C)cc1. The molecule has 0 saturated heterocycles. The van der Waals surface area contributed by atoms with Crippen LogP contribution in [-0.2, 0) is 10.0 Å². The van der Waals surface area contributed by atoms with E-state index in [9.17, 15) is 13.2 Å². The molecular formula is C17H19IN2O3S. The molecule has 0 radical (unpaired) electrons. The van der Waals surface area contributed by atoms with E-state index in [0.717, 1.165) is 14.8 Å². The number of nitrogens with zero attached hydrogens (tertiary/aromatic N) is 1. The minimum absolute atomic E-state index is 0.0256. The summed E-state index contributed by atoms with van der Waals surface area (Å²) in [7, 11) is -1.81. The van der Waals surface area contributed by atoms with Crippen molar-refractivity contribution in [3.63, 3.8) is 0 Å². The first-order valence-electron chi connectivity index (χ1n) is 7.39. The molecule has 0 saturated carbocycles. The molecule has 0 heterocycles. The molecule has 0 atom stereocenters. The van der Waals surface area contributed by atoms with E-state index >= 15 is 0 Å². The van der Waals surface area contributed by atoms with E-state index in [2.05, 4.69) is 27.9 Å². The Morgan fingerprint density at radius 3 is 2.33 bits per heavy atom. The Morgan fingerprint density at radius 1 is 1.17 bits per heavy atom. The normalized spacial score (nSPS) is 11.2. The molecule has 0 unspecified atom stereocenters. The van der Waals surface area contributed by atoms with Gasteiger partial charge in [0.25, 0.3) is 5.91 Å². The summed E-state index contributed by atoms with van der Waals surface area (Å²) in [5.41, 5.74) is 2.74. The van der Waals surface area contributed by atoms with Crippen LogP contribution in [-0.4, -0.2) is 27.1 Å². The number of hydrogen-bond acceptors (Lipinski definition) is 3. The van der Waals surface area contributed by atoms with Gasteiger partial charge in [0.15, 0.2) is 0 Å². The first-order valence-corrected chi connectivity index (χ1v) is 10.1. The third-order valence-corrected chi connectivity index (χ3v) is 6.16. The molecule has 0 aliphatic rings. The second-order valence-corrected chi connectivity index (χ2v) is 8.86. The van der Waals surface area contributed by atoms with Gasteiger partial charge < -0.3 is 5.32 Å². The van der Waals surface area contributed by atoms with Crippen molar-refractivity contribution in [1.82, 2.24) is 0 Å². The zero-order chi connectivity index (χ0) is 17.9.